The summed E-state index contributed by atoms with van der Waals surface area (Å²) in [5.41, 5.74) is 0.887. The second-order valence-corrected chi connectivity index (χ2v) is 12.6. The minimum absolute atomic E-state index is 0.0188. The van der Waals surface area contributed by atoms with Crippen molar-refractivity contribution >= 4 is 27.7 Å². The molecule has 4 rings (SSSR count). The molecule has 40 heavy (non-hydrogen) atoms. The van der Waals surface area contributed by atoms with Gasteiger partial charge in [-0.2, -0.15) is 0 Å². The molecule has 10 heteroatoms. The Labute approximate surface area is 233 Å². The van der Waals surface area contributed by atoms with Crippen LogP contribution in [0.5, 0.6) is 0 Å². The minimum Gasteiger partial charge on any atom is -0.350 e. The van der Waals surface area contributed by atoms with Crippen molar-refractivity contribution in [2.45, 2.75) is 56.6 Å². The average Bonchev–Trinajstić information content (AvgIpc) is 3.10. The van der Waals surface area contributed by atoms with Gasteiger partial charge in [-0.25, -0.2) is 17.1 Å². The predicted molar refractivity (Wildman–Crippen MR) is 148 cm³/mol. The Balaban J connectivity index is 1.65. The van der Waals surface area contributed by atoms with Gasteiger partial charge in [0.1, 0.15) is 16.8 Å². The highest BCUT2D eigenvalue weighted by Gasteiger charge is 2.41. The van der Waals surface area contributed by atoms with Crippen LogP contribution in [0, 0.1) is 5.82 Å². The normalized spacial score (nSPS) is 14.9. The van der Waals surface area contributed by atoms with Crippen molar-refractivity contribution in [1.82, 2.24) is 14.5 Å². The molecule has 3 aromatic carbocycles. The van der Waals surface area contributed by atoms with E-state index in [-0.39, 0.29) is 42.3 Å². The molecule has 0 saturated heterocycles. The summed E-state index contributed by atoms with van der Waals surface area (Å²) in [6, 6.07) is 19.8. The van der Waals surface area contributed by atoms with Crippen LogP contribution in [0.4, 0.5) is 4.39 Å². The number of amides is 3. The number of nitrogens with zero attached hydrogens (tertiary/aromatic N) is 2. The first kappa shape index (κ1) is 28.9. The molecule has 0 saturated carbocycles. The number of hydrogen-bond donors (Lipinski definition) is 1. The zero-order valence-corrected chi connectivity index (χ0v) is 23.4. The van der Waals surface area contributed by atoms with Crippen LogP contribution < -0.4 is 5.32 Å². The van der Waals surface area contributed by atoms with Crippen LogP contribution in [-0.4, -0.2) is 53.5 Å². The van der Waals surface area contributed by atoms with Crippen molar-refractivity contribution < 1.29 is 27.2 Å². The highest BCUT2D eigenvalue weighted by atomic mass is 32.2. The molecule has 0 fully saturated rings. The molecule has 0 bridgehead atoms. The molecule has 3 amide bonds. The third-order valence-corrected chi connectivity index (χ3v) is 8.32. The lowest BCUT2D eigenvalue weighted by molar-refractivity contribution is -0.142. The standard InChI is InChI=1S/C30H32FN3O5S/c1-30(2,3)32-28(36)25(19-21-9-5-4-6-10-21)33(20-22-13-15-23(31)16-14-22)27(35)17-18-34-29(37)24-11-7-8-12-26(24)40(34,38)39/h4-16,25H,17-20H2,1-3H3,(H,32,36)/t25-/m1/s1. The Morgan fingerprint density at radius 3 is 2.17 bits per heavy atom. The summed E-state index contributed by atoms with van der Waals surface area (Å²) >= 11 is 0. The predicted octanol–water partition coefficient (Wildman–Crippen LogP) is 3.92. The van der Waals surface area contributed by atoms with E-state index in [2.05, 4.69) is 5.32 Å². The molecule has 1 N–H and O–H groups in total. The molecule has 1 aliphatic rings. The summed E-state index contributed by atoms with van der Waals surface area (Å²) < 4.78 is 40.4. The molecule has 1 aliphatic heterocycles. The van der Waals surface area contributed by atoms with Gasteiger partial charge in [-0.05, 0) is 56.2 Å². The highest BCUT2D eigenvalue weighted by Crippen LogP contribution is 2.30. The maximum atomic E-state index is 13.8. The first-order valence-electron chi connectivity index (χ1n) is 12.9. The smallest absolute Gasteiger partial charge is 0.269 e. The number of rotatable bonds is 9. The van der Waals surface area contributed by atoms with Crippen LogP contribution in [0.2, 0.25) is 0 Å². The Morgan fingerprint density at radius 1 is 0.925 bits per heavy atom. The highest BCUT2D eigenvalue weighted by molar-refractivity contribution is 7.90. The molecule has 210 valence electrons. The molecule has 0 unspecified atom stereocenters. The SMILES string of the molecule is CC(C)(C)NC(=O)[C@@H](Cc1ccccc1)N(Cc1ccc(F)cc1)C(=O)CCN1C(=O)c2ccccc2S1(=O)=O. The first-order chi connectivity index (χ1) is 18.9. The number of benzene rings is 3. The van der Waals surface area contributed by atoms with Crippen molar-refractivity contribution in [2.24, 2.45) is 0 Å². The van der Waals surface area contributed by atoms with Crippen molar-refractivity contribution in [3.8, 4) is 0 Å². The molecule has 0 spiro atoms. The Hall–Kier alpha value is -4.05. The second kappa shape index (κ2) is 11.6. The second-order valence-electron chi connectivity index (χ2n) is 10.7. The number of nitrogens with one attached hydrogen (secondary N) is 1. The van der Waals surface area contributed by atoms with E-state index in [1.807, 2.05) is 51.1 Å². The largest absolute Gasteiger partial charge is 0.350 e. The van der Waals surface area contributed by atoms with E-state index < -0.39 is 39.2 Å². The van der Waals surface area contributed by atoms with Gasteiger partial charge in [-0.1, -0.05) is 54.6 Å². The lowest BCUT2D eigenvalue weighted by Gasteiger charge is -2.34. The van der Waals surface area contributed by atoms with Crippen molar-refractivity contribution in [2.75, 3.05) is 6.54 Å². The summed E-state index contributed by atoms with van der Waals surface area (Å²) in [6.45, 7) is 5.09. The Morgan fingerprint density at radius 2 is 1.55 bits per heavy atom. The quantitative estimate of drug-likeness (QED) is 0.424. The van der Waals surface area contributed by atoms with Crippen LogP contribution in [0.15, 0.2) is 83.8 Å². The number of sulfonamides is 1. The third-order valence-electron chi connectivity index (χ3n) is 6.48. The lowest BCUT2D eigenvalue weighted by atomic mass is 10.0. The van der Waals surface area contributed by atoms with Crippen LogP contribution >= 0.6 is 0 Å². The van der Waals surface area contributed by atoms with Crippen molar-refractivity contribution in [3.05, 3.63) is 101 Å². The molecule has 1 atom stereocenters. The van der Waals surface area contributed by atoms with E-state index in [0.717, 1.165) is 5.56 Å². The zero-order chi connectivity index (χ0) is 29.1. The lowest BCUT2D eigenvalue weighted by Crippen LogP contribution is -2.54. The maximum Gasteiger partial charge on any atom is 0.269 e. The summed E-state index contributed by atoms with van der Waals surface area (Å²) in [6.07, 6.45) is -0.143. The number of halogens is 1. The van der Waals surface area contributed by atoms with Gasteiger partial charge >= 0.3 is 0 Å². The first-order valence-corrected chi connectivity index (χ1v) is 14.4. The molecule has 8 nitrogen and oxygen atoms in total. The van der Waals surface area contributed by atoms with Gasteiger partial charge in [-0.15, -0.1) is 0 Å². The van der Waals surface area contributed by atoms with Gasteiger partial charge in [0.15, 0.2) is 0 Å². The molecular formula is C30H32FN3O5S. The summed E-state index contributed by atoms with van der Waals surface area (Å²) in [4.78, 5) is 41.6. The molecule has 3 aromatic rings. The summed E-state index contributed by atoms with van der Waals surface area (Å²) in [7, 11) is -4.10. The monoisotopic (exact) mass is 565 g/mol. The van der Waals surface area contributed by atoms with E-state index in [0.29, 0.717) is 9.87 Å². The molecule has 0 aromatic heterocycles. The van der Waals surface area contributed by atoms with Gasteiger partial charge < -0.3 is 10.2 Å². The maximum absolute atomic E-state index is 13.8. The molecule has 0 aliphatic carbocycles. The number of fused-ring (bicyclic) bond motifs is 1. The van der Waals surface area contributed by atoms with E-state index in [4.69, 9.17) is 0 Å². The zero-order valence-electron chi connectivity index (χ0n) is 22.6. The van der Waals surface area contributed by atoms with Gasteiger partial charge in [0, 0.05) is 31.5 Å². The fourth-order valence-electron chi connectivity index (χ4n) is 4.59. The van der Waals surface area contributed by atoms with Crippen LogP contribution in [0.3, 0.4) is 0 Å². The van der Waals surface area contributed by atoms with E-state index in [1.54, 1.807) is 6.07 Å². The van der Waals surface area contributed by atoms with E-state index in [9.17, 15) is 27.2 Å². The molecular weight excluding hydrogens is 533 g/mol. The fourth-order valence-corrected chi connectivity index (χ4v) is 6.16. The summed E-state index contributed by atoms with van der Waals surface area (Å²) in [5, 5.41) is 2.95. The average molecular weight is 566 g/mol. The molecule has 1 heterocycles. The number of carbonyl (C=O) groups excluding carboxylic acids is 3. The summed E-state index contributed by atoms with van der Waals surface area (Å²) in [5.74, 6) is -2.04. The topological polar surface area (TPSA) is 104 Å². The van der Waals surface area contributed by atoms with Crippen LogP contribution in [0.1, 0.15) is 48.7 Å². The van der Waals surface area contributed by atoms with E-state index >= 15 is 0 Å². The van der Waals surface area contributed by atoms with Crippen LogP contribution in [-0.2, 0) is 32.6 Å². The number of hydrogen-bond acceptors (Lipinski definition) is 5. The van der Waals surface area contributed by atoms with Crippen molar-refractivity contribution in [1.29, 1.82) is 0 Å². The van der Waals surface area contributed by atoms with E-state index in [1.165, 1.54) is 47.4 Å². The van der Waals surface area contributed by atoms with Gasteiger partial charge in [0.05, 0.1) is 5.56 Å². The Kier molecular flexibility index (Phi) is 8.39. The third kappa shape index (κ3) is 6.56. The van der Waals surface area contributed by atoms with Gasteiger partial charge in [0.2, 0.25) is 11.8 Å². The Bertz CT molecular complexity index is 1500. The van der Waals surface area contributed by atoms with Gasteiger partial charge in [-0.3, -0.25) is 14.4 Å². The van der Waals surface area contributed by atoms with Crippen molar-refractivity contribution in [3.63, 3.8) is 0 Å². The minimum atomic E-state index is -4.10. The molecule has 0 radical (unpaired) electrons. The van der Waals surface area contributed by atoms with Gasteiger partial charge in [0.25, 0.3) is 15.9 Å². The fraction of sp³-hybridized carbons (Fsp3) is 0.300. The number of carbonyl (C=O) groups is 3. The van der Waals surface area contributed by atoms with Crippen LogP contribution in [0.25, 0.3) is 0 Å².